The summed E-state index contributed by atoms with van der Waals surface area (Å²) >= 11 is 5.50. The van der Waals surface area contributed by atoms with E-state index in [-0.39, 0.29) is 17.9 Å². The van der Waals surface area contributed by atoms with Gasteiger partial charge in [-0.1, -0.05) is 12.1 Å². The maximum Gasteiger partial charge on any atom is 0.267 e. The molecule has 3 aromatic heterocycles. The van der Waals surface area contributed by atoms with Gasteiger partial charge in [0.1, 0.15) is 17.0 Å². The molecule has 0 radical (unpaired) electrons. The topological polar surface area (TPSA) is 136 Å². The molecule has 42 heavy (non-hydrogen) atoms. The third kappa shape index (κ3) is 5.33. The minimum atomic E-state index is -0.232. The van der Waals surface area contributed by atoms with E-state index in [1.807, 2.05) is 30.5 Å². The van der Waals surface area contributed by atoms with Crippen molar-refractivity contribution in [3.05, 3.63) is 70.7 Å². The second-order valence-corrected chi connectivity index (χ2v) is 10.5. The van der Waals surface area contributed by atoms with Crippen LogP contribution in [0, 0.1) is 10.2 Å². The molecule has 4 heterocycles. The Kier molecular flexibility index (Phi) is 7.64. The summed E-state index contributed by atoms with van der Waals surface area (Å²) in [5.41, 5.74) is 4.26. The number of piperazine rings is 1. The lowest BCUT2D eigenvalue weighted by atomic mass is 10.1. The van der Waals surface area contributed by atoms with E-state index in [2.05, 4.69) is 42.6 Å². The van der Waals surface area contributed by atoms with Crippen LogP contribution >= 0.6 is 12.2 Å². The Morgan fingerprint density at radius 1 is 1.00 bits per heavy atom. The molecule has 0 bridgehead atoms. The van der Waals surface area contributed by atoms with Gasteiger partial charge in [0.25, 0.3) is 5.91 Å². The largest absolute Gasteiger partial charge is 0.493 e. The normalized spacial score (nSPS) is 13.4. The zero-order valence-electron chi connectivity index (χ0n) is 23.4. The van der Waals surface area contributed by atoms with E-state index in [1.165, 1.54) is 0 Å². The van der Waals surface area contributed by atoms with E-state index in [4.69, 9.17) is 27.1 Å². The van der Waals surface area contributed by atoms with E-state index in [0.29, 0.717) is 39.4 Å². The molecule has 1 fully saturated rings. The number of H-pyrrole nitrogens is 2. The summed E-state index contributed by atoms with van der Waals surface area (Å²) < 4.78 is 12.8. The maximum absolute atomic E-state index is 13.0. The Bertz CT molecular complexity index is 1890. The minimum Gasteiger partial charge on any atom is -0.493 e. The van der Waals surface area contributed by atoms with Crippen LogP contribution in [-0.4, -0.2) is 72.4 Å². The highest BCUT2D eigenvalue weighted by Crippen LogP contribution is 2.30. The number of hydrogen-bond acceptors (Lipinski definition) is 8. The number of fused-ring (bicyclic) bond motifs is 2. The SMILES string of the molecule is COc1cc2[nH]c(=S)n(CCNC(=O)c3cc4ccc(-c5ccc(N6CCNCC6)nc5)cc4[nH]3)c(=N)c2cc1OC. The lowest BCUT2D eigenvalue weighted by Crippen LogP contribution is -2.43. The molecular formula is C30H32N8O3S. The number of aromatic nitrogens is 4. The van der Waals surface area contributed by atoms with Crippen molar-refractivity contribution in [3.8, 4) is 22.6 Å². The average Bonchev–Trinajstić information content (AvgIpc) is 3.46. The molecule has 12 heteroatoms. The molecule has 0 aliphatic carbocycles. The van der Waals surface area contributed by atoms with Crippen LogP contribution in [-0.2, 0) is 6.54 Å². The van der Waals surface area contributed by atoms with Gasteiger partial charge in [0.05, 0.1) is 19.7 Å². The molecule has 0 atom stereocenters. The molecule has 2 aromatic carbocycles. The van der Waals surface area contributed by atoms with Crippen molar-refractivity contribution in [3.63, 3.8) is 0 Å². The van der Waals surface area contributed by atoms with E-state index in [9.17, 15) is 4.79 Å². The number of rotatable bonds is 8. The quantitative estimate of drug-likeness (QED) is 0.176. The van der Waals surface area contributed by atoms with Gasteiger partial charge in [-0.2, -0.15) is 0 Å². The van der Waals surface area contributed by atoms with Crippen LogP contribution < -0.4 is 30.5 Å². The van der Waals surface area contributed by atoms with Crippen molar-refractivity contribution in [1.82, 2.24) is 30.2 Å². The molecule has 1 aliphatic rings. The molecule has 1 amide bonds. The lowest BCUT2D eigenvalue weighted by molar-refractivity contribution is 0.0948. The molecule has 5 aromatic rings. The number of carbonyl (C=O) groups excluding carboxylic acids is 1. The second-order valence-electron chi connectivity index (χ2n) is 10.1. The van der Waals surface area contributed by atoms with Gasteiger partial charge in [0.2, 0.25) is 0 Å². The maximum atomic E-state index is 13.0. The summed E-state index contributed by atoms with van der Waals surface area (Å²) in [5, 5.41) is 16.6. The first-order valence-corrected chi connectivity index (χ1v) is 14.1. The fourth-order valence-electron chi connectivity index (χ4n) is 5.26. The molecule has 1 saturated heterocycles. The van der Waals surface area contributed by atoms with Crippen molar-refractivity contribution in [2.75, 3.05) is 51.8 Å². The molecule has 6 rings (SSSR count). The Labute approximate surface area is 247 Å². The number of aromatic amines is 2. The molecule has 0 saturated carbocycles. The van der Waals surface area contributed by atoms with Crippen LogP contribution in [0.4, 0.5) is 5.82 Å². The Balaban J connectivity index is 1.14. The average molecular weight is 585 g/mol. The molecule has 216 valence electrons. The molecule has 1 aliphatic heterocycles. The highest BCUT2D eigenvalue weighted by molar-refractivity contribution is 7.71. The van der Waals surface area contributed by atoms with Crippen molar-refractivity contribution in [1.29, 1.82) is 5.41 Å². The van der Waals surface area contributed by atoms with Crippen LogP contribution in [0.25, 0.3) is 32.9 Å². The molecular weight excluding hydrogens is 552 g/mol. The van der Waals surface area contributed by atoms with Crippen molar-refractivity contribution < 1.29 is 14.3 Å². The van der Waals surface area contributed by atoms with E-state index >= 15 is 0 Å². The first-order chi connectivity index (χ1) is 20.4. The zero-order valence-corrected chi connectivity index (χ0v) is 24.2. The summed E-state index contributed by atoms with van der Waals surface area (Å²) in [6, 6.07) is 15.6. The molecule has 5 N–H and O–H groups in total. The van der Waals surface area contributed by atoms with Gasteiger partial charge in [-0.3, -0.25) is 10.2 Å². The highest BCUT2D eigenvalue weighted by atomic mass is 32.1. The number of nitrogens with one attached hydrogen (secondary N) is 5. The standard InChI is InChI=1S/C30H32N8O3S/c1-40-25-15-21-23(16-26(25)41-2)36-30(42)38(28(21)31)12-9-33-29(39)24-14-19-4-3-18(13-22(19)35-24)20-5-6-27(34-17-20)37-10-7-32-8-11-37/h3-6,13-17,31-32,35H,7-12H2,1-2H3,(H,33,39)(H,36,42). The molecule has 0 unspecified atom stereocenters. The smallest absolute Gasteiger partial charge is 0.267 e. The Hall–Kier alpha value is -4.68. The van der Waals surface area contributed by atoms with Crippen LogP contribution in [0.5, 0.6) is 11.5 Å². The Morgan fingerprint density at radius 2 is 1.76 bits per heavy atom. The third-order valence-corrected chi connectivity index (χ3v) is 7.87. The van der Waals surface area contributed by atoms with Crippen molar-refractivity contribution >= 4 is 45.7 Å². The monoisotopic (exact) mass is 584 g/mol. The lowest BCUT2D eigenvalue weighted by Gasteiger charge is -2.28. The van der Waals surface area contributed by atoms with E-state index in [1.54, 1.807) is 30.9 Å². The van der Waals surface area contributed by atoms with Crippen LogP contribution in [0.1, 0.15) is 10.5 Å². The second kappa shape index (κ2) is 11.7. The summed E-state index contributed by atoms with van der Waals surface area (Å²) in [4.78, 5) is 26.4. The van der Waals surface area contributed by atoms with Gasteiger partial charge < -0.3 is 39.5 Å². The number of hydrogen-bond donors (Lipinski definition) is 5. The molecule has 0 spiro atoms. The number of carbonyl (C=O) groups is 1. The third-order valence-electron chi connectivity index (χ3n) is 7.55. The summed E-state index contributed by atoms with van der Waals surface area (Å²) in [5.74, 6) is 1.82. The number of methoxy groups -OCH3 is 2. The van der Waals surface area contributed by atoms with Crippen LogP contribution in [0.15, 0.2) is 54.7 Å². The number of benzene rings is 2. The summed E-state index contributed by atoms with van der Waals surface area (Å²) in [6.07, 6.45) is 1.90. The van der Waals surface area contributed by atoms with Gasteiger partial charge in [0, 0.05) is 73.4 Å². The fourth-order valence-corrected chi connectivity index (χ4v) is 5.56. The fraction of sp³-hybridized carbons (Fsp3) is 0.267. The van der Waals surface area contributed by atoms with Crippen molar-refractivity contribution in [2.45, 2.75) is 6.54 Å². The molecule has 11 nitrogen and oxygen atoms in total. The van der Waals surface area contributed by atoms with Crippen LogP contribution in [0.2, 0.25) is 0 Å². The number of pyridine rings is 1. The Morgan fingerprint density at radius 3 is 2.50 bits per heavy atom. The highest BCUT2D eigenvalue weighted by Gasteiger charge is 2.14. The van der Waals surface area contributed by atoms with Gasteiger partial charge in [-0.15, -0.1) is 0 Å². The first-order valence-electron chi connectivity index (χ1n) is 13.7. The van der Waals surface area contributed by atoms with Crippen molar-refractivity contribution in [2.24, 2.45) is 0 Å². The number of amides is 1. The predicted molar refractivity (Wildman–Crippen MR) is 165 cm³/mol. The van der Waals surface area contributed by atoms with Crippen LogP contribution in [0.3, 0.4) is 0 Å². The number of anilines is 1. The van der Waals surface area contributed by atoms with Gasteiger partial charge in [-0.05, 0) is 48.1 Å². The first kappa shape index (κ1) is 27.5. The predicted octanol–water partition coefficient (Wildman–Crippen LogP) is 3.58. The number of nitrogens with zero attached hydrogens (tertiary/aromatic N) is 3. The minimum absolute atomic E-state index is 0.220. The summed E-state index contributed by atoms with van der Waals surface area (Å²) in [6.45, 7) is 4.46. The van der Waals surface area contributed by atoms with Gasteiger partial charge in [0.15, 0.2) is 16.3 Å². The van der Waals surface area contributed by atoms with Gasteiger partial charge >= 0.3 is 0 Å². The summed E-state index contributed by atoms with van der Waals surface area (Å²) in [7, 11) is 3.11. The van der Waals surface area contributed by atoms with E-state index in [0.717, 1.165) is 54.0 Å². The van der Waals surface area contributed by atoms with E-state index < -0.39 is 0 Å². The zero-order chi connectivity index (χ0) is 29.2. The number of ether oxygens (including phenoxy) is 2. The van der Waals surface area contributed by atoms with Gasteiger partial charge in [-0.25, -0.2) is 4.98 Å².